The molecule has 0 saturated carbocycles. The topological polar surface area (TPSA) is 60.9 Å². The molecule has 0 N–H and O–H groups in total. The van der Waals surface area contributed by atoms with Crippen molar-refractivity contribution in [2.24, 2.45) is 0 Å². The molecule has 1 saturated heterocycles. The van der Waals surface area contributed by atoms with E-state index in [1.165, 1.54) is 0 Å². The molecule has 0 aliphatic carbocycles. The van der Waals surface area contributed by atoms with Gasteiger partial charge in [0.15, 0.2) is 0 Å². The van der Waals surface area contributed by atoms with E-state index in [2.05, 4.69) is 11.5 Å². The SMILES string of the molecule is C=C(C)CN1CCN(C(=O)[C@@H](C)N2C(=O)c3ccccc3C2=O)CC1. The highest BCUT2D eigenvalue weighted by molar-refractivity contribution is 6.22. The molecule has 25 heavy (non-hydrogen) atoms. The standard InChI is InChI=1S/C19H23N3O3/c1-13(2)12-20-8-10-21(11-9-20)17(23)14(3)22-18(24)15-6-4-5-7-16(15)19(22)25/h4-7,14H,1,8-12H2,2-3H3/t14-/m1/s1. The Kier molecular flexibility index (Phi) is 4.72. The summed E-state index contributed by atoms with van der Waals surface area (Å²) in [5, 5.41) is 0. The molecule has 6 nitrogen and oxygen atoms in total. The summed E-state index contributed by atoms with van der Waals surface area (Å²) in [5.74, 6) is -0.950. The molecule has 1 atom stereocenters. The van der Waals surface area contributed by atoms with Gasteiger partial charge in [-0.2, -0.15) is 0 Å². The number of imide groups is 1. The summed E-state index contributed by atoms with van der Waals surface area (Å²) in [7, 11) is 0. The third kappa shape index (κ3) is 3.22. The van der Waals surface area contributed by atoms with E-state index < -0.39 is 6.04 Å². The molecular formula is C19H23N3O3. The molecule has 0 radical (unpaired) electrons. The van der Waals surface area contributed by atoms with E-state index in [0.717, 1.165) is 30.1 Å². The number of hydrogen-bond donors (Lipinski definition) is 0. The van der Waals surface area contributed by atoms with E-state index in [9.17, 15) is 14.4 Å². The second-order valence-electron chi connectivity index (χ2n) is 6.76. The van der Waals surface area contributed by atoms with Gasteiger partial charge in [0.25, 0.3) is 11.8 Å². The molecule has 0 aromatic heterocycles. The van der Waals surface area contributed by atoms with E-state index in [0.29, 0.717) is 24.2 Å². The van der Waals surface area contributed by atoms with Crippen LogP contribution in [0.15, 0.2) is 36.4 Å². The third-order valence-corrected chi connectivity index (χ3v) is 4.75. The van der Waals surface area contributed by atoms with Crippen LogP contribution in [0.25, 0.3) is 0 Å². The molecule has 2 aliphatic heterocycles. The van der Waals surface area contributed by atoms with Crippen LogP contribution < -0.4 is 0 Å². The maximum absolute atomic E-state index is 12.8. The van der Waals surface area contributed by atoms with Crippen molar-refractivity contribution in [3.63, 3.8) is 0 Å². The van der Waals surface area contributed by atoms with Gasteiger partial charge in [0.05, 0.1) is 11.1 Å². The van der Waals surface area contributed by atoms with Gasteiger partial charge in [-0.3, -0.25) is 24.2 Å². The summed E-state index contributed by atoms with van der Waals surface area (Å²) in [6.07, 6.45) is 0. The van der Waals surface area contributed by atoms with Gasteiger partial charge in [-0.1, -0.05) is 24.3 Å². The van der Waals surface area contributed by atoms with Gasteiger partial charge >= 0.3 is 0 Å². The number of amides is 3. The van der Waals surface area contributed by atoms with Gasteiger partial charge in [0, 0.05) is 32.7 Å². The number of nitrogens with zero attached hydrogens (tertiary/aromatic N) is 3. The average Bonchev–Trinajstić information content (AvgIpc) is 2.85. The van der Waals surface area contributed by atoms with Gasteiger partial charge in [-0.25, -0.2) is 0 Å². The highest BCUT2D eigenvalue weighted by Gasteiger charge is 2.41. The molecule has 2 heterocycles. The monoisotopic (exact) mass is 341 g/mol. The van der Waals surface area contributed by atoms with Crippen LogP contribution >= 0.6 is 0 Å². The van der Waals surface area contributed by atoms with Crippen molar-refractivity contribution < 1.29 is 14.4 Å². The zero-order valence-electron chi connectivity index (χ0n) is 14.7. The fourth-order valence-corrected chi connectivity index (χ4v) is 3.44. The highest BCUT2D eigenvalue weighted by Crippen LogP contribution is 2.25. The van der Waals surface area contributed by atoms with Gasteiger partial charge in [-0.15, -0.1) is 0 Å². The molecule has 0 spiro atoms. The van der Waals surface area contributed by atoms with Crippen molar-refractivity contribution >= 4 is 17.7 Å². The van der Waals surface area contributed by atoms with Crippen LogP contribution in [0.4, 0.5) is 0 Å². The summed E-state index contributed by atoms with van der Waals surface area (Å²) < 4.78 is 0. The first kappa shape index (κ1) is 17.4. The minimum absolute atomic E-state index is 0.176. The number of hydrogen-bond acceptors (Lipinski definition) is 4. The Morgan fingerprint density at radius 2 is 1.60 bits per heavy atom. The molecule has 3 rings (SSSR count). The lowest BCUT2D eigenvalue weighted by atomic mass is 10.1. The van der Waals surface area contributed by atoms with E-state index in [1.54, 1.807) is 36.1 Å². The van der Waals surface area contributed by atoms with Crippen molar-refractivity contribution in [1.82, 2.24) is 14.7 Å². The van der Waals surface area contributed by atoms with Crippen LogP contribution in [0.2, 0.25) is 0 Å². The number of piperazine rings is 1. The predicted octanol–water partition coefficient (Wildman–Crippen LogP) is 1.39. The Balaban J connectivity index is 1.67. The zero-order chi connectivity index (χ0) is 18.1. The van der Waals surface area contributed by atoms with E-state index >= 15 is 0 Å². The van der Waals surface area contributed by atoms with Gasteiger partial charge in [-0.05, 0) is 26.0 Å². The van der Waals surface area contributed by atoms with Crippen LogP contribution in [-0.4, -0.2) is 71.2 Å². The first-order valence-corrected chi connectivity index (χ1v) is 8.52. The molecule has 6 heteroatoms. The fourth-order valence-electron chi connectivity index (χ4n) is 3.44. The first-order chi connectivity index (χ1) is 11.9. The quantitative estimate of drug-likeness (QED) is 0.613. The Morgan fingerprint density at radius 3 is 2.08 bits per heavy atom. The lowest BCUT2D eigenvalue weighted by Gasteiger charge is -2.37. The lowest BCUT2D eigenvalue weighted by molar-refractivity contribution is -0.136. The zero-order valence-corrected chi connectivity index (χ0v) is 14.7. The molecular weight excluding hydrogens is 318 g/mol. The van der Waals surface area contributed by atoms with Gasteiger partial charge < -0.3 is 4.90 Å². The second kappa shape index (κ2) is 6.80. The Bertz CT molecular complexity index is 700. The Hall–Kier alpha value is -2.47. The van der Waals surface area contributed by atoms with Crippen molar-refractivity contribution in [2.45, 2.75) is 19.9 Å². The maximum atomic E-state index is 12.8. The molecule has 1 aromatic rings. The van der Waals surface area contributed by atoms with Gasteiger partial charge in [0.2, 0.25) is 5.91 Å². The number of carbonyl (C=O) groups is 3. The summed E-state index contributed by atoms with van der Waals surface area (Å²) in [6, 6.07) is 5.91. The van der Waals surface area contributed by atoms with Crippen LogP contribution in [0.1, 0.15) is 34.6 Å². The van der Waals surface area contributed by atoms with Crippen molar-refractivity contribution in [2.75, 3.05) is 32.7 Å². The van der Waals surface area contributed by atoms with E-state index in [1.807, 2.05) is 6.92 Å². The molecule has 1 fully saturated rings. The summed E-state index contributed by atoms with van der Waals surface area (Å²) in [4.78, 5) is 42.9. The van der Waals surface area contributed by atoms with Crippen LogP contribution in [0.3, 0.4) is 0 Å². The molecule has 1 aromatic carbocycles. The average molecular weight is 341 g/mol. The van der Waals surface area contributed by atoms with Crippen molar-refractivity contribution in [3.8, 4) is 0 Å². The van der Waals surface area contributed by atoms with E-state index in [-0.39, 0.29) is 17.7 Å². The first-order valence-electron chi connectivity index (χ1n) is 8.52. The molecule has 3 amide bonds. The fraction of sp³-hybridized carbons (Fsp3) is 0.421. The maximum Gasteiger partial charge on any atom is 0.262 e. The largest absolute Gasteiger partial charge is 0.338 e. The normalized spacial score (nSPS) is 19.1. The summed E-state index contributed by atoms with van der Waals surface area (Å²) >= 11 is 0. The summed E-state index contributed by atoms with van der Waals surface area (Å²) in [5.41, 5.74) is 1.84. The molecule has 0 unspecified atom stereocenters. The predicted molar refractivity (Wildman–Crippen MR) is 94.2 cm³/mol. The number of rotatable bonds is 4. The van der Waals surface area contributed by atoms with Crippen LogP contribution in [0, 0.1) is 0 Å². The highest BCUT2D eigenvalue weighted by atomic mass is 16.2. The third-order valence-electron chi connectivity index (χ3n) is 4.75. The van der Waals surface area contributed by atoms with Crippen molar-refractivity contribution in [1.29, 1.82) is 0 Å². The molecule has 132 valence electrons. The molecule has 2 aliphatic rings. The van der Waals surface area contributed by atoms with E-state index in [4.69, 9.17) is 0 Å². The van der Waals surface area contributed by atoms with Crippen LogP contribution in [-0.2, 0) is 4.79 Å². The van der Waals surface area contributed by atoms with Crippen LogP contribution in [0.5, 0.6) is 0 Å². The molecule has 0 bridgehead atoms. The second-order valence-corrected chi connectivity index (χ2v) is 6.76. The Labute approximate surface area is 147 Å². The minimum Gasteiger partial charge on any atom is -0.338 e. The van der Waals surface area contributed by atoms with Gasteiger partial charge in [0.1, 0.15) is 6.04 Å². The Morgan fingerprint density at radius 1 is 1.08 bits per heavy atom. The lowest BCUT2D eigenvalue weighted by Crippen LogP contribution is -2.55. The van der Waals surface area contributed by atoms with Crippen molar-refractivity contribution in [3.05, 3.63) is 47.5 Å². The minimum atomic E-state index is -0.792. The number of benzene rings is 1. The number of carbonyl (C=O) groups excluding carboxylic acids is 3. The summed E-state index contributed by atoms with van der Waals surface area (Å²) in [6.45, 7) is 11.1. The smallest absolute Gasteiger partial charge is 0.262 e. The number of fused-ring (bicyclic) bond motifs is 1.